The highest BCUT2D eigenvalue weighted by Crippen LogP contribution is 2.51. The van der Waals surface area contributed by atoms with Crippen molar-refractivity contribution >= 4 is 22.8 Å². The molecule has 3 atom stereocenters. The second-order valence-electron chi connectivity index (χ2n) is 10.9. The lowest BCUT2D eigenvalue weighted by Crippen LogP contribution is -2.30. The Labute approximate surface area is 246 Å². The molecule has 42 heavy (non-hydrogen) atoms. The molecule has 6 rings (SSSR count). The van der Waals surface area contributed by atoms with Crippen molar-refractivity contribution in [2.45, 2.75) is 13.8 Å². The van der Waals surface area contributed by atoms with Gasteiger partial charge in [-0.05, 0) is 60.7 Å². The van der Waals surface area contributed by atoms with E-state index in [0.717, 1.165) is 72.1 Å². The molecule has 2 fully saturated rings. The summed E-state index contributed by atoms with van der Waals surface area (Å²) in [5.41, 5.74) is 9.87. The maximum atomic E-state index is 12.7. The monoisotopic (exact) mass is 560 g/mol. The number of nitrogens with two attached hydrogens (primary N) is 1. The Morgan fingerprint density at radius 1 is 1.05 bits per heavy atom. The number of anilines is 1. The lowest BCUT2D eigenvalue weighted by atomic mass is 10.0. The van der Waals surface area contributed by atoms with Crippen LogP contribution in [-0.4, -0.2) is 63.0 Å². The van der Waals surface area contributed by atoms with Crippen molar-refractivity contribution < 1.29 is 9.53 Å². The second kappa shape index (κ2) is 11.7. The van der Waals surface area contributed by atoms with Gasteiger partial charge < -0.3 is 24.8 Å². The van der Waals surface area contributed by atoms with Gasteiger partial charge in [0, 0.05) is 44.2 Å². The average molecular weight is 561 g/mol. The van der Waals surface area contributed by atoms with E-state index in [4.69, 9.17) is 10.5 Å². The zero-order valence-corrected chi connectivity index (χ0v) is 24.3. The average Bonchev–Trinajstić information content (AvgIpc) is 3.31. The van der Waals surface area contributed by atoms with Crippen LogP contribution < -0.4 is 10.5 Å². The van der Waals surface area contributed by atoms with Crippen molar-refractivity contribution in [2.75, 3.05) is 38.5 Å². The second-order valence-corrected chi connectivity index (χ2v) is 10.9. The molecule has 1 saturated carbocycles. The van der Waals surface area contributed by atoms with Crippen LogP contribution in [0.15, 0.2) is 73.1 Å². The normalized spacial score (nSPS) is 19.2. The first kappa shape index (κ1) is 27.6. The van der Waals surface area contributed by atoms with Gasteiger partial charge in [-0.2, -0.15) is 0 Å². The Bertz CT molecular complexity index is 1670. The number of hydrogen-bond donors (Lipinski definition) is 1. The van der Waals surface area contributed by atoms with Crippen molar-refractivity contribution in [2.24, 2.45) is 24.8 Å². The summed E-state index contributed by atoms with van der Waals surface area (Å²) in [6, 6.07) is 17.7. The summed E-state index contributed by atoms with van der Waals surface area (Å²) in [5.74, 6) is 10.2. The smallest absolute Gasteiger partial charge is 0.246 e. The number of carbonyl (C=O) groups excluding carboxylic acids is 1. The van der Waals surface area contributed by atoms with Gasteiger partial charge in [-0.1, -0.05) is 56.2 Å². The molecule has 2 aliphatic rings. The zero-order valence-electron chi connectivity index (χ0n) is 24.3. The predicted octanol–water partition coefficient (Wildman–Crippen LogP) is 4.96. The Morgan fingerprint density at radius 2 is 1.74 bits per heavy atom. The number of piperidine rings is 1. The number of aryl methyl sites for hydroxylation is 1. The van der Waals surface area contributed by atoms with E-state index in [2.05, 4.69) is 40.6 Å². The van der Waals surface area contributed by atoms with Crippen LogP contribution in [0.3, 0.4) is 0 Å². The van der Waals surface area contributed by atoms with Crippen LogP contribution in [0.4, 0.5) is 5.82 Å². The number of benzene rings is 2. The van der Waals surface area contributed by atoms with E-state index in [1.165, 1.54) is 6.33 Å². The summed E-state index contributed by atoms with van der Waals surface area (Å²) in [4.78, 5) is 25.7. The minimum atomic E-state index is 0.103. The summed E-state index contributed by atoms with van der Waals surface area (Å²) >= 11 is 0. The number of nitrogen functional groups attached to an aromatic ring is 1. The first-order valence-electron chi connectivity index (χ1n) is 14.6. The van der Waals surface area contributed by atoms with Gasteiger partial charge in [-0.3, -0.25) is 4.79 Å². The third-order valence-electron chi connectivity index (χ3n) is 8.50. The summed E-state index contributed by atoms with van der Waals surface area (Å²) in [7, 11) is 1.97. The number of likely N-dealkylation sites (tertiary alicyclic amines) is 1. The van der Waals surface area contributed by atoms with Crippen molar-refractivity contribution in [1.29, 1.82) is 0 Å². The van der Waals surface area contributed by atoms with E-state index >= 15 is 0 Å². The number of carbonyl (C=O) groups is 1. The minimum absolute atomic E-state index is 0.103. The number of ether oxygens (including phenoxy) is 1. The molecule has 8 heteroatoms. The van der Waals surface area contributed by atoms with Gasteiger partial charge in [0.1, 0.15) is 35.0 Å². The van der Waals surface area contributed by atoms with Crippen molar-refractivity contribution in [3.63, 3.8) is 0 Å². The van der Waals surface area contributed by atoms with E-state index in [1.54, 1.807) is 6.08 Å². The topological polar surface area (TPSA) is 89.5 Å². The van der Waals surface area contributed by atoms with Gasteiger partial charge in [0.05, 0.1) is 5.39 Å². The van der Waals surface area contributed by atoms with Crippen LogP contribution >= 0.6 is 0 Å². The molecule has 2 N–H and O–H groups in total. The van der Waals surface area contributed by atoms with Gasteiger partial charge in [0.25, 0.3) is 0 Å². The lowest BCUT2D eigenvalue weighted by Gasteiger charge is -2.18. The van der Waals surface area contributed by atoms with E-state index in [9.17, 15) is 4.79 Å². The summed E-state index contributed by atoms with van der Waals surface area (Å²) < 4.78 is 8.00. The molecule has 1 aliphatic carbocycles. The van der Waals surface area contributed by atoms with E-state index in [1.807, 2.05) is 77.2 Å². The summed E-state index contributed by atoms with van der Waals surface area (Å²) in [6.07, 6.45) is 5.20. The fraction of sp³-hybridized carbons (Fsp3) is 0.324. The van der Waals surface area contributed by atoms with Crippen LogP contribution in [0.1, 0.15) is 19.5 Å². The maximum absolute atomic E-state index is 12.7. The van der Waals surface area contributed by atoms with Gasteiger partial charge >= 0.3 is 0 Å². The molecule has 1 unspecified atom stereocenters. The van der Waals surface area contributed by atoms with E-state index in [0.29, 0.717) is 17.7 Å². The molecule has 0 bridgehead atoms. The Balaban J connectivity index is 1.21. The van der Waals surface area contributed by atoms with Gasteiger partial charge in [0.15, 0.2) is 0 Å². The maximum Gasteiger partial charge on any atom is 0.246 e. The molecular weight excluding hydrogens is 524 g/mol. The van der Waals surface area contributed by atoms with Crippen molar-refractivity contribution in [3.8, 4) is 34.5 Å². The van der Waals surface area contributed by atoms with E-state index < -0.39 is 0 Å². The molecule has 3 heterocycles. The standard InChI is InChI=1S/C34H36N6O2/c1-4-39(5-2)19-9-12-30(41)40-20-27-26(28(27)21-40)17-18-29-31(32-33(35)36-22-37-34(32)38(29)3)23-13-15-25(16-14-23)42-24-10-7-6-8-11-24/h6-16,22,26-28H,4-5,19-21H2,1-3H3,(H2,35,36,37)/b12-9+/t26?,27-,28+. The zero-order chi connectivity index (χ0) is 29.2. The highest BCUT2D eigenvalue weighted by atomic mass is 16.5. The van der Waals surface area contributed by atoms with Gasteiger partial charge in [0.2, 0.25) is 5.91 Å². The SMILES string of the molecule is CCN(CC)C/C=C/C(=O)N1C[C@@H]2C(C#Cc3c(-c4ccc(Oc5ccccc5)cc4)c4c(N)ncnc4n3C)[C@@H]2C1. The lowest BCUT2D eigenvalue weighted by molar-refractivity contribution is -0.125. The Hall–Kier alpha value is -4.61. The third-order valence-corrected chi connectivity index (χ3v) is 8.50. The molecular formula is C34H36N6O2. The number of para-hydroxylation sites is 1. The number of hydrogen-bond acceptors (Lipinski definition) is 6. The number of likely N-dealkylation sites (N-methyl/N-ethyl adjacent to an activating group) is 1. The molecule has 2 aromatic carbocycles. The van der Waals surface area contributed by atoms with Crippen LogP contribution in [0.5, 0.6) is 11.5 Å². The molecule has 8 nitrogen and oxygen atoms in total. The molecule has 0 radical (unpaired) electrons. The number of nitrogens with zero attached hydrogens (tertiary/aromatic N) is 5. The minimum Gasteiger partial charge on any atom is -0.457 e. The first-order chi connectivity index (χ1) is 20.5. The van der Waals surface area contributed by atoms with Crippen LogP contribution in [0.2, 0.25) is 0 Å². The number of fused-ring (bicyclic) bond motifs is 2. The predicted molar refractivity (Wildman–Crippen MR) is 166 cm³/mol. The number of aromatic nitrogens is 3. The quantitative estimate of drug-likeness (QED) is 0.242. The first-order valence-corrected chi connectivity index (χ1v) is 14.6. The number of rotatable bonds is 8. The molecule has 0 spiro atoms. The molecule has 2 aromatic heterocycles. The largest absolute Gasteiger partial charge is 0.457 e. The fourth-order valence-electron chi connectivity index (χ4n) is 5.98. The summed E-state index contributed by atoms with van der Waals surface area (Å²) in [5, 5.41) is 0.797. The van der Waals surface area contributed by atoms with Crippen LogP contribution in [0.25, 0.3) is 22.2 Å². The van der Waals surface area contributed by atoms with Crippen LogP contribution in [0, 0.1) is 29.6 Å². The van der Waals surface area contributed by atoms with Crippen molar-refractivity contribution in [3.05, 3.63) is 78.8 Å². The molecule has 1 saturated heterocycles. The Kier molecular flexibility index (Phi) is 7.68. The van der Waals surface area contributed by atoms with Gasteiger partial charge in [-0.15, -0.1) is 0 Å². The third kappa shape index (κ3) is 5.36. The molecule has 1 amide bonds. The molecule has 4 aromatic rings. The highest BCUT2D eigenvalue weighted by Gasteiger charge is 2.55. The number of amides is 1. The van der Waals surface area contributed by atoms with Gasteiger partial charge in [-0.25, -0.2) is 9.97 Å². The molecule has 1 aliphatic heterocycles. The van der Waals surface area contributed by atoms with E-state index in [-0.39, 0.29) is 11.8 Å². The van der Waals surface area contributed by atoms with Crippen molar-refractivity contribution in [1.82, 2.24) is 24.3 Å². The highest BCUT2D eigenvalue weighted by molar-refractivity contribution is 6.03. The fourth-order valence-corrected chi connectivity index (χ4v) is 5.98. The Morgan fingerprint density at radius 3 is 2.43 bits per heavy atom. The van der Waals surface area contributed by atoms with Crippen LogP contribution in [-0.2, 0) is 11.8 Å². The summed E-state index contributed by atoms with van der Waals surface area (Å²) in [6.45, 7) is 8.57. The molecule has 214 valence electrons.